The van der Waals surface area contributed by atoms with Crippen LogP contribution in [0.1, 0.15) is 232 Å². The molecule has 0 aliphatic heterocycles. The lowest BCUT2D eigenvalue weighted by Crippen LogP contribution is -2.37. The van der Waals surface area contributed by atoms with Gasteiger partial charge in [-0.05, 0) is 109 Å². The maximum Gasteiger partial charge on any atom is 0.306 e. The zero-order valence-corrected chi connectivity index (χ0v) is 51.2. The molecule has 0 heterocycles. The molecule has 0 aromatic carbocycles. The Morgan fingerprint density at radius 1 is 0.397 bits per heavy atom. The van der Waals surface area contributed by atoms with Crippen molar-refractivity contribution in [3.63, 3.8) is 0 Å². The Bertz CT molecular complexity index is 1780. The fourth-order valence-electron chi connectivity index (χ4n) is 7.98. The number of unbranched alkanes of at least 4 members (excludes halogenated alkanes) is 19. The van der Waals surface area contributed by atoms with Crippen LogP contribution in [0, 0.1) is 0 Å². The first-order chi connectivity index (χ1) is 38.0. The van der Waals surface area contributed by atoms with Gasteiger partial charge in [0.1, 0.15) is 19.8 Å². The molecule has 2 unspecified atom stereocenters. The number of phosphoric acid groups is 1. The molecule has 0 saturated carbocycles. The van der Waals surface area contributed by atoms with Crippen LogP contribution in [-0.4, -0.2) is 70.0 Å². The van der Waals surface area contributed by atoms with E-state index in [9.17, 15) is 19.0 Å². The molecule has 0 amide bonds. The minimum atomic E-state index is -4.65. The number of hydrogen-bond donors (Lipinski definition) is 0. The minimum Gasteiger partial charge on any atom is -0.756 e. The van der Waals surface area contributed by atoms with E-state index in [1.807, 2.05) is 21.1 Å². The molecule has 2 atom stereocenters. The van der Waals surface area contributed by atoms with Crippen LogP contribution in [0.3, 0.4) is 0 Å². The molecule has 10 heteroatoms. The van der Waals surface area contributed by atoms with Gasteiger partial charge in [-0.15, -0.1) is 0 Å². The van der Waals surface area contributed by atoms with Crippen LogP contribution in [0.2, 0.25) is 0 Å². The molecular formula is C68H114NO8P. The predicted molar refractivity (Wildman–Crippen MR) is 332 cm³/mol. The summed E-state index contributed by atoms with van der Waals surface area (Å²) in [5.41, 5.74) is 0. The van der Waals surface area contributed by atoms with Crippen LogP contribution >= 0.6 is 7.82 Å². The minimum absolute atomic E-state index is 0.0408. The third kappa shape index (κ3) is 61.4. The number of hydrogen-bond acceptors (Lipinski definition) is 8. The van der Waals surface area contributed by atoms with Crippen LogP contribution in [0.25, 0.3) is 0 Å². The first-order valence-corrected chi connectivity index (χ1v) is 32.4. The van der Waals surface area contributed by atoms with Gasteiger partial charge in [0, 0.05) is 12.8 Å². The van der Waals surface area contributed by atoms with Gasteiger partial charge >= 0.3 is 11.9 Å². The maximum atomic E-state index is 12.8. The second-order valence-corrected chi connectivity index (χ2v) is 22.7. The van der Waals surface area contributed by atoms with E-state index in [0.717, 1.165) is 122 Å². The first-order valence-electron chi connectivity index (χ1n) is 30.9. The maximum absolute atomic E-state index is 12.8. The van der Waals surface area contributed by atoms with E-state index in [1.54, 1.807) is 0 Å². The highest BCUT2D eigenvalue weighted by Gasteiger charge is 2.22. The van der Waals surface area contributed by atoms with Crippen molar-refractivity contribution in [2.24, 2.45) is 0 Å². The Kier molecular flexibility index (Phi) is 55.0. The summed E-state index contributed by atoms with van der Waals surface area (Å²) in [6, 6.07) is 0. The molecule has 0 aliphatic carbocycles. The standard InChI is InChI=1S/C68H114NO8P/c1-6-8-10-12-14-16-18-20-22-24-26-28-29-30-31-32-33-34-35-36-37-38-39-41-43-45-47-49-51-53-55-57-59-61-68(71)77-66(65-76-78(72,73)75-63-62-69(3,4)5)64-74-67(70)60-58-56-54-52-50-48-46-44-42-40-27-25-23-21-19-17-15-13-11-9-7-2/h8-11,14-17,20-23,26-28,30-31,33-34,40,44,46,66H,6-7,12-13,18-19,24-25,29,32,35-39,41-43,45,47-65H2,1-5H3/b10-8-,11-9-,16-14-,17-15-,22-20-,23-21-,28-26-,31-30-,34-33-,40-27-,46-44-. The number of phosphoric ester groups is 1. The molecule has 0 N–H and O–H groups in total. The Morgan fingerprint density at radius 3 is 1.03 bits per heavy atom. The van der Waals surface area contributed by atoms with Gasteiger partial charge in [-0.2, -0.15) is 0 Å². The Labute approximate surface area is 479 Å². The average molecular weight is 1100 g/mol. The molecule has 9 nitrogen and oxygen atoms in total. The molecule has 0 bridgehead atoms. The number of nitrogens with zero attached hydrogens (tertiary/aromatic N) is 1. The van der Waals surface area contributed by atoms with E-state index in [0.29, 0.717) is 23.9 Å². The van der Waals surface area contributed by atoms with Crippen LogP contribution in [0.15, 0.2) is 134 Å². The third-order valence-electron chi connectivity index (χ3n) is 12.7. The van der Waals surface area contributed by atoms with Gasteiger partial charge in [-0.1, -0.05) is 244 Å². The quantitative estimate of drug-likeness (QED) is 0.0195. The topological polar surface area (TPSA) is 111 Å². The zero-order chi connectivity index (χ0) is 57.0. The highest BCUT2D eigenvalue weighted by atomic mass is 31.2. The summed E-state index contributed by atoms with van der Waals surface area (Å²) < 4.78 is 34.2. The summed E-state index contributed by atoms with van der Waals surface area (Å²) in [6.07, 6.45) is 83.6. The summed E-state index contributed by atoms with van der Waals surface area (Å²) >= 11 is 0. The van der Waals surface area contributed by atoms with E-state index in [4.69, 9.17) is 18.5 Å². The van der Waals surface area contributed by atoms with Crippen molar-refractivity contribution < 1.29 is 42.1 Å². The van der Waals surface area contributed by atoms with Crippen LogP contribution in [0.4, 0.5) is 0 Å². The van der Waals surface area contributed by atoms with Crippen molar-refractivity contribution in [3.8, 4) is 0 Å². The Hall–Kier alpha value is -3.85. The largest absolute Gasteiger partial charge is 0.756 e. The van der Waals surface area contributed by atoms with Gasteiger partial charge in [0.25, 0.3) is 7.82 Å². The molecular weight excluding hydrogens is 990 g/mol. The number of esters is 2. The van der Waals surface area contributed by atoms with Gasteiger partial charge in [0.05, 0.1) is 27.7 Å². The van der Waals surface area contributed by atoms with E-state index >= 15 is 0 Å². The van der Waals surface area contributed by atoms with Gasteiger partial charge in [0.15, 0.2) is 6.10 Å². The smallest absolute Gasteiger partial charge is 0.306 e. The van der Waals surface area contributed by atoms with Crippen molar-refractivity contribution in [3.05, 3.63) is 134 Å². The Morgan fingerprint density at radius 2 is 0.692 bits per heavy atom. The van der Waals surface area contributed by atoms with E-state index in [1.165, 1.54) is 70.6 Å². The van der Waals surface area contributed by atoms with Crippen molar-refractivity contribution >= 4 is 19.8 Å². The van der Waals surface area contributed by atoms with Gasteiger partial charge in [0.2, 0.25) is 0 Å². The van der Waals surface area contributed by atoms with Gasteiger partial charge in [-0.3, -0.25) is 14.2 Å². The lowest BCUT2D eigenvalue weighted by molar-refractivity contribution is -0.870. The highest BCUT2D eigenvalue weighted by molar-refractivity contribution is 7.45. The molecule has 0 aromatic heterocycles. The highest BCUT2D eigenvalue weighted by Crippen LogP contribution is 2.38. The number of likely N-dealkylation sites (N-methyl/N-ethyl adjacent to an activating group) is 1. The van der Waals surface area contributed by atoms with Crippen LogP contribution in [-0.2, 0) is 32.7 Å². The molecule has 0 radical (unpaired) electrons. The number of rotatable bonds is 55. The molecule has 0 saturated heterocycles. The summed E-state index contributed by atoms with van der Waals surface area (Å²) in [7, 11) is 1.14. The van der Waals surface area contributed by atoms with Crippen molar-refractivity contribution in [1.82, 2.24) is 0 Å². The van der Waals surface area contributed by atoms with Gasteiger partial charge in [-0.25, -0.2) is 0 Å². The lowest BCUT2D eigenvalue weighted by atomic mass is 10.0. The Balaban J connectivity index is 4.15. The zero-order valence-electron chi connectivity index (χ0n) is 50.3. The average Bonchev–Trinajstić information content (AvgIpc) is 3.41. The fourth-order valence-corrected chi connectivity index (χ4v) is 8.71. The SMILES string of the molecule is CC/C=C\C/C=C\C/C=C\C/C=C\C/C=C\C/C=C\CCCCCCCCCCCCCCCCC(=O)OC(COC(=O)CCCCCCC/C=C\C/C=C\C/C=C\C/C=C\C/C=C\CC)COP(=O)([O-])OCC[N+](C)(C)C. The van der Waals surface area contributed by atoms with Crippen molar-refractivity contribution in [2.75, 3.05) is 47.5 Å². The molecule has 0 spiro atoms. The third-order valence-corrected chi connectivity index (χ3v) is 13.6. The number of allylic oxidation sites excluding steroid dienone is 22. The summed E-state index contributed by atoms with van der Waals surface area (Å²) in [6.45, 7) is 3.98. The molecule has 78 heavy (non-hydrogen) atoms. The van der Waals surface area contributed by atoms with Gasteiger partial charge < -0.3 is 27.9 Å². The lowest BCUT2D eigenvalue weighted by Gasteiger charge is -2.28. The van der Waals surface area contributed by atoms with Crippen LogP contribution < -0.4 is 4.89 Å². The normalized spacial score (nSPS) is 14.2. The fraction of sp³-hybridized carbons (Fsp3) is 0.647. The van der Waals surface area contributed by atoms with Crippen molar-refractivity contribution in [1.29, 1.82) is 0 Å². The van der Waals surface area contributed by atoms with E-state index in [2.05, 4.69) is 148 Å². The molecule has 444 valence electrons. The summed E-state index contributed by atoms with van der Waals surface area (Å²) in [5.74, 6) is -0.862. The summed E-state index contributed by atoms with van der Waals surface area (Å²) in [5, 5.41) is 0. The van der Waals surface area contributed by atoms with E-state index < -0.39 is 32.5 Å². The summed E-state index contributed by atoms with van der Waals surface area (Å²) in [4.78, 5) is 37.9. The molecule has 0 rings (SSSR count). The number of quaternary nitrogens is 1. The van der Waals surface area contributed by atoms with Crippen LogP contribution in [0.5, 0.6) is 0 Å². The first kappa shape index (κ1) is 74.2. The number of carbonyl (C=O) groups excluding carboxylic acids is 2. The van der Waals surface area contributed by atoms with Crippen molar-refractivity contribution in [2.45, 2.75) is 238 Å². The second-order valence-electron chi connectivity index (χ2n) is 21.3. The molecule has 0 fully saturated rings. The molecule has 0 aliphatic rings. The van der Waals surface area contributed by atoms with E-state index in [-0.39, 0.29) is 26.1 Å². The second kappa shape index (κ2) is 57.8. The molecule has 0 aromatic rings. The number of carbonyl (C=O) groups is 2. The number of ether oxygens (including phenoxy) is 2. The monoisotopic (exact) mass is 1100 g/mol. The predicted octanol–water partition coefficient (Wildman–Crippen LogP) is 19.1.